The molecule has 0 heterocycles. The number of aliphatic carboxylic acids is 2. The summed E-state index contributed by atoms with van der Waals surface area (Å²) < 4.78 is 0. The van der Waals surface area contributed by atoms with Gasteiger partial charge in [-0.15, -0.1) is 0 Å². The summed E-state index contributed by atoms with van der Waals surface area (Å²) in [6, 6.07) is 0. The molecule has 314 valence electrons. The molecule has 0 fully saturated rings. The Balaban J connectivity index is -0.000000926. The fraction of sp³-hybridized carbons (Fsp3) is 0.958. The van der Waals surface area contributed by atoms with E-state index in [2.05, 4.69) is 27.7 Å². The molecule has 0 aromatic heterocycles. The third kappa shape index (κ3) is 47.8. The predicted octanol–water partition coefficient (Wildman–Crippen LogP) is 14.0. The molecule has 0 saturated carbocycles. The molecule has 4 nitrogen and oxygen atoms in total. The van der Waals surface area contributed by atoms with Gasteiger partial charge in [0.1, 0.15) is 0 Å². The Hall–Kier alpha value is -0.261. The molecule has 5 heteroatoms. The normalized spacial score (nSPS) is 12.2. The largest absolute Gasteiger partial charge is 2.00 e. The molecule has 0 rings (SSSR count). The van der Waals surface area contributed by atoms with Gasteiger partial charge in [-0.05, 0) is 37.5 Å². The van der Waals surface area contributed by atoms with Crippen molar-refractivity contribution in [1.82, 2.24) is 0 Å². The number of carboxylic acids is 2. The SMILES string of the molecule is CCCCCCCCCCCCC(CCCCCCCCCC)C(=O)[O-].CCCCCCCCCCCCC(CCCCCCCCCC)C(=O)[O-].[Sn+2]. The van der Waals surface area contributed by atoms with Gasteiger partial charge in [-0.1, -0.05) is 259 Å². The molecule has 2 radical (unpaired) electrons. The summed E-state index contributed by atoms with van der Waals surface area (Å²) in [6.45, 7) is 9.01. The molecule has 0 saturated heterocycles. The fourth-order valence-electron chi connectivity index (χ4n) is 7.57. The van der Waals surface area contributed by atoms with Crippen molar-refractivity contribution in [1.29, 1.82) is 0 Å². The zero-order chi connectivity index (χ0) is 38.6. The van der Waals surface area contributed by atoms with E-state index >= 15 is 0 Å². The summed E-state index contributed by atoms with van der Waals surface area (Å²) in [7, 11) is 0. The number of hydrogen-bond donors (Lipinski definition) is 0. The van der Waals surface area contributed by atoms with E-state index in [1.54, 1.807) is 0 Å². The van der Waals surface area contributed by atoms with Crippen molar-refractivity contribution >= 4 is 35.8 Å². The zero-order valence-corrected chi connectivity index (χ0v) is 39.4. The van der Waals surface area contributed by atoms with Crippen molar-refractivity contribution in [3.63, 3.8) is 0 Å². The minimum absolute atomic E-state index is 0. The van der Waals surface area contributed by atoms with Crippen molar-refractivity contribution < 1.29 is 19.8 Å². The molecule has 0 aromatic rings. The Kier molecular flexibility index (Phi) is 53.6. The number of unbranched alkanes of at least 4 members (excludes halogenated alkanes) is 32. The molecule has 0 N–H and O–H groups in total. The summed E-state index contributed by atoms with van der Waals surface area (Å²) >= 11 is 0. The molecule has 0 aliphatic rings. The second kappa shape index (κ2) is 49.8. The van der Waals surface area contributed by atoms with Crippen LogP contribution in [0.15, 0.2) is 0 Å². The maximum Gasteiger partial charge on any atom is 2.00 e. The average Bonchev–Trinajstić information content (AvgIpc) is 3.13. The van der Waals surface area contributed by atoms with Crippen LogP contribution in [0.2, 0.25) is 0 Å². The van der Waals surface area contributed by atoms with E-state index in [1.165, 1.54) is 205 Å². The van der Waals surface area contributed by atoms with Gasteiger partial charge in [0.25, 0.3) is 0 Å². The van der Waals surface area contributed by atoms with E-state index in [0.717, 1.165) is 51.4 Å². The summed E-state index contributed by atoms with van der Waals surface area (Å²) in [6.07, 6.45) is 49.8. The molecule has 0 bridgehead atoms. The van der Waals surface area contributed by atoms with Gasteiger partial charge in [0.15, 0.2) is 0 Å². The van der Waals surface area contributed by atoms with E-state index in [9.17, 15) is 19.8 Å². The Labute approximate surface area is 350 Å². The second-order valence-corrected chi connectivity index (χ2v) is 16.5. The van der Waals surface area contributed by atoms with Crippen LogP contribution >= 0.6 is 0 Å². The van der Waals surface area contributed by atoms with Crippen LogP contribution in [-0.2, 0) is 9.59 Å². The fourth-order valence-corrected chi connectivity index (χ4v) is 7.57. The monoisotopic (exact) mass is 855 g/mol. The van der Waals surface area contributed by atoms with Crippen molar-refractivity contribution in [2.75, 3.05) is 0 Å². The number of rotatable bonds is 42. The average molecular weight is 854 g/mol. The van der Waals surface area contributed by atoms with E-state index in [4.69, 9.17) is 0 Å². The van der Waals surface area contributed by atoms with Gasteiger partial charge >= 0.3 is 23.9 Å². The molecule has 0 aromatic carbocycles. The van der Waals surface area contributed by atoms with Crippen LogP contribution < -0.4 is 10.2 Å². The number of carbonyl (C=O) groups is 2. The van der Waals surface area contributed by atoms with Crippen LogP contribution in [0, 0.1) is 11.8 Å². The Morgan fingerprint density at radius 1 is 0.283 bits per heavy atom. The van der Waals surface area contributed by atoms with Crippen LogP contribution in [0.25, 0.3) is 0 Å². The molecule has 0 amide bonds. The summed E-state index contributed by atoms with van der Waals surface area (Å²) in [5.41, 5.74) is 0. The van der Waals surface area contributed by atoms with E-state index in [1.807, 2.05) is 0 Å². The van der Waals surface area contributed by atoms with Crippen LogP contribution in [0.5, 0.6) is 0 Å². The minimum Gasteiger partial charge on any atom is -0.550 e. The number of carboxylic acid groups (broad SMARTS) is 2. The first-order chi connectivity index (χ1) is 25.4. The first-order valence-corrected chi connectivity index (χ1v) is 23.9. The van der Waals surface area contributed by atoms with Crippen LogP contribution in [-0.4, -0.2) is 35.8 Å². The molecule has 0 spiro atoms. The standard InChI is InChI=1S/2C24H48O2.Sn/c2*1-3-5-7-9-11-13-14-16-18-20-22-23(24(25)26)21-19-17-15-12-10-8-6-4-2;/h2*23H,3-22H2,1-2H3,(H,25,26);/q;;+2/p-2. The van der Waals surface area contributed by atoms with E-state index in [-0.39, 0.29) is 35.7 Å². The Bertz CT molecular complexity index is 641. The van der Waals surface area contributed by atoms with Gasteiger partial charge in [0, 0.05) is 11.9 Å². The van der Waals surface area contributed by atoms with Gasteiger partial charge in [-0.2, -0.15) is 0 Å². The minimum atomic E-state index is -0.816. The molecule has 2 atom stereocenters. The summed E-state index contributed by atoms with van der Waals surface area (Å²) in [5, 5.41) is 22.6. The van der Waals surface area contributed by atoms with E-state index in [0.29, 0.717) is 0 Å². The van der Waals surface area contributed by atoms with Crippen molar-refractivity contribution in [2.24, 2.45) is 11.8 Å². The van der Waals surface area contributed by atoms with Gasteiger partial charge in [0.05, 0.1) is 0 Å². The van der Waals surface area contributed by atoms with Crippen molar-refractivity contribution in [3.8, 4) is 0 Å². The molecule has 0 aliphatic heterocycles. The van der Waals surface area contributed by atoms with Crippen molar-refractivity contribution in [3.05, 3.63) is 0 Å². The third-order valence-corrected chi connectivity index (χ3v) is 11.3. The Morgan fingerprint density at radius 2 is 0.415 bits per heavy atom. The molecule has 2 unspecified atom stereocenters. The molecular formula is C48H94O4Sn. The van der Waals surface area contributed by atoms with Gasteiger partial charge in [-0.25, -0.2) is 0 Å². The second-order valence-electron chi connectivity index (χ2n) is 16.5. The number of hydrogen-bond acceptors (Lipinski definition) is 4. The Morgan fingerprint density at radius 3 is 0.547 bits per heavy atom. The predicted molar refractivity (Wildman–Crippen MR) is 230 cm³/mol. The maximum absolute atomic E-state index is 11.3. The van der Waals surface area contributed by atoms with Gasteiger partial charge in [0.2, 0.25) is 0 Å². The van der Waals surface area contributed by atoms with Crippen LogP contribution in [0.3, 0.4) is 0 Å². The van der Waals surface area contributed by atoms with Gasteiger partial charge in [-0.3, -0.25) is 0 Å². The first-order valence-electron chi connectivity index (χ1n) is 23.9. The first kappa shape index (κ1) is 57.1. The maximum atomic E-state index is 11.3. The van der Waals surface area contributed by atoms with Crippen LogP contribution in [0.1, 0.15) is 285 Å². The summed E-state index contributed by atoms with van der Waals surface area (Å²) in [4.78, 5) is 22.6. The van der Waals surface area contributed by atoms with E-state index < -0.39 is 11.9 Å². The molecule has 0 aliphatic carbocycles. The van der Waals surface area contributed by atoms with Gasteiger partial charge < -0.3 is 19.8 Å². The summed E-state index contributed by atoms with van der Waals surface area (Å²) in [5.74, 6) is -2.04. The van der Waals surface area contributed by atoms with Crippen LogP contribution in [0.4, 0.5) is 0 Å². The number of carbonyl (C=O) groups excluding carboxylic acids is 2. The third-order valence-electron chi connectivity index (χ3n) is 11.3. The topological polar surface area (TPSA) is 80.3 Å². The van der Waals surface area contributed by atoms with Crippen molar-refractivity contribution in [2.45, 2.75) is 285 Å². The molecular weight excluding hydrogens is 759 g/mol. The molecule has 53 heavy (non-hydrogen) atoms. The zero-order valence-electron chi connectivity index (χ0n) is 36.6. The smallest absolute Gasteiger partial charge is 0.550 e. The quantitative estimate of drug-likeness (QED) is 0.0452.